The highest BCUT2D eigenvalue weighted by molar-refractivity contribution is 5.99. The van der Waals surface area contributed by atoms with Crippen molar-refractivity contribution < 1.29 is 13.9 Å². The third kappa shape index (κ3) is 3.79. The lowest BCUT2D eigenvalue weighted by atomic mass is 9.86. The minimum atomic E-state index is -0.463. The van der Waals surface area contributed by atoms with E-state index < -0.39 is 6.04 Å². The van der Waals surface area contributed by atoms with E-state index in [1.54, 1.807) is 18.1 Å². The van der Waals surface area contributed by atoms with Gasteiger partial charge in [-0.15, -0.1) is 0 Å². The van der Waals surface area contributed by atoms with Gasteiger partial charge in [0.25, 0.3) is 5.91 Å². The summed E-state index contributed by atoms with van der Waals surface area (Å²) < 4.78 is 11.2. The summed E-state index contributed by atoms with van der Waals surface area (Å²) in [6.45, 7) is 9.45. The summed E-state index contributed by atoms with van der Waals surface area (Å²) in [6.07, 6.45) is 0.680. The number of benzene rings is 2. The second-order valence-corrected chi connectivity index (χ2v) is 9.29. The molecule has 1 unspecified atom stereocenters. The van der Waals surface area contributed by atoms with Crippen LogP contribution in [0.5, 0.6) is 0 Å². The molecule has 2 heterocycles. The maximum atomic E-state index is 13.5. The number of nitrogens with zero attached hydrogens (tertiary/aromatic N) is 1. The average molecular weight is 420 g/mol. The van der Waals surface area contributed by atoms with Gasteiger partial charge in [-0.2, -0.15) is 0 Å². The van der Waals surface area contributed by atoms with Crippen LogP contribution < -0.4 is 5.43 Å². The molecular weight excluding hydrogens is 390 g/mol. The lowest BCUT2D eigenvalue weighted by Gasteiger charge is -2.26. The molecule has 1 aliphatic heterocycles. The average Bonchev–Trinajstić information content (AvgIpc) is 3.01. The molecule has 5 nitrogen and oxygen atoms in total. The normalized spacial score (nSPS) is 16.2. The van der Waals surface area contributed by atoms with Gasteiger partial charge in [0.05, 0.1) is 17.0 Å². The van der Waals surface area contributed by atoms with Crippen molar-refractivity contribution in [1.82, 2.24) is 4.90 Å². The second kappa shape index (κ2) is 7.97. The molecule has 1 amide bonds. The maximum absolute atomic E-state index is 13.5. The molecule has 3 aromatic rings. The summed E-state index contributed by atoms with van der Waals surface area (Å²) in [4.78, 5) is 28.6. The highest BCUT2D eigenvalue weighted by Gasteiger charge is 2.42. The number of hydrogen-bond acceptors (Lipinski definition) is 4. The monoisotopic (exact) mass is 419 g/mol. The Labute approximate surface area is 182 Å². The first-order valence-electron chi connectivity index (χ1n) is 10.7. The smallest absolute Gasteiger partial charge is 0.290 e. The number of rotatable bonds is 5. The molecule has 0 saturated carbocycles. The van der Waals surface area contributed by atoms with Crippen LogP contribution in [-0.2, 0) is 10.2 Å². The van der Waals surface area contributed by atoms with Crippen LogP contribution in [0.3, 0.4) is 0 Å². The Morgan fingerprint density at radius 3 is 2.42 bits per heavy atom. The molecule has 1 aliphatic rings. The molecular formula is C26H29NO4. The minimum Gasteiger partial charge on any atom is -0.450 e. The van der Waals surface area contributed by atoms with E-state index >= 15 is 0 Å². The van der Waals surface area contributed by atoms with E-state index in [0.717, 1.165) is 11.1 Å². The van der Waals surface area contributed by atoms with Crippen molar-refractivity contribution in [2.75, 3.05) is 20.3 Å². The number of carbonyl (C=O) groups excluding carboxylic acids is 1. The number of methoxy groups -OCH3 is 1. The third-order valence-electron chi connectivity index (χ3n) is 5.96. The van der Waals surface area contributed by atoms with Gasteiger partial charge in [0.2, 0.25) is 5.76 Å². The van der Waals surface area contributed by atoms with E-state index in [1.807, 2.05) is 31.2 Å². The van der Waals surface area contributed by atoms with Crippen molar-refractivity contribution in [1.29, 1.82) is 0 Å². The lowest BCUT2D eigenvalue weighted by molar-refractivity contribution is 0.0708. The molecule has 0 aliphatic carbocycles. The SMILES string of the molecule is COCCCN1C(=O)c2oc3ccc(C)cc3c(=O)c2C1c1ccc(C(C)(C)C)cc1. The number of aryl methyl sites for hydroxylation is 1. The van der Waals surface area contributed by atoms with E-state index in [1.165, 1.54) is 5.56 Å². The van der Waals surface area contributed by atoms with Crippen molar-refractivity contribution in [3.63, 3.8) is 0 Å². The zero-order valence-corrected chi connectivity index (χ0v) is 18.8. The van der Waals surface area contributed by atoms with Crippen LogP contribution >= 0.6 is 0 Å². The van der Waals surface area contributed by atoms with Crippen molar-refractivity contribution in [2.45, 2.75) is 45.6 Å². The lowest BCUT2D eigenvalue weighted by Crippen LogP contribution is -2.31. The zero-order valence-electron chi connectivity index (χ0n) is 18.8. The standard InChI is InChI=1S/C26H29NO4/c1-16-7-12-20-19(15-16)23(28)21-22(17-8-10-18(11-9-17)26(2,3)4)27(13-6-14-30-5)25(29)24(21)31-20/h7-12,15,22H,6,13-14H2,1-5H3. The summed E-state index contributed by atoms with van der Waals surface area (Å²) in [7, 11) is 1.64. The molecule has 5 heteroatoms. The van der Waals surface area contributed by atoms with Gasteiger partial charge in [-0.3, -0.25) is 9.59 Å². The van der Waals surface area contributed by atoms with Crippen LogP contribution in [0.1, 0.15) is 66.0 Å². The third-order valence-corrected chi connectivity index (χ3v) is 5.96. The van der Waals surface area contributed by atoms with E-state index in [-0.39, 0.29) is 22.5 Å². The van der Waals surface area contributed by atoms with Gasteiger partial charge < -0.3 is 14.1 Å². The first-order chi connectivity index (χ1) is 14.7. The fourth-order valence-corrected chi connectivity index (χ4v) is 4.26. The van der Waals surface area contributed by atoms with Gasteiger partial charge in [-0.1, -0.05) is 56.7 Å². The van der Waals surface area contributed by atoms with Crippen LogP contribution in [0.2, 0.25) is 0 Å². The predicted molar refractivity (Wildman–Crippen MR) is 122 cm³/mol. The highest BCUT2D eigenvalue weighted by atomic mass is 16.5. The van der Waals surface area contributed by atoms with E-state index in [0.29, 0.717) is 36.1 Å². The van der Waals surface area contributed by atoms with Crippen molar-refractivity contribution >= 4 is 16.9 Å². The first kappa shape index (κ1) is 21.3. The quantitative estimate of drug-likeness (QED) is 0.547. The molecule has 162 valence electrons. The first-order valence-corrected chi connectivity index (χ1v) is 10.7. The Morgan fingerprint density at radius 1 is 1.06 bits per heavy atom. The maximum Gasteiger partial charge on any atom is 0.290 e. The van der Waals surface area contributed by atoms with Crippen LogP contribution in [0, 0.1) is 6.92 Å². The van der Waals surface area contributed by atoms with Gasteiger partial charge in [0.1, 0.15) is 5.58 Å². The van der Waals surface area contributed by atoms with Crippen molar-refractivity contribution in [3.05, 3.63) is 80.7 Å². The number of amides is 1. The Bertz CT molecular complexity index is 1180. The van der Waals surface area contributed by atoms with Crippen LogP contribution in [0.25, 0.3) is 11.0 Å². The van der Waals surface area contributed by atoms with Gasteiger partial charge in [0, 0.05) is 20.3 Å². The van der Waals surface area contributed by atoms with Crippen molar-refractivity contribution in [3.8, 4) is 0 Å². The minimum absolute atomic E-state index is 0.0207. The van der Waals surface area contributed by atoms with Gasteiger partial charge in [0.15, 0.2) is 5.43 Å². The summed E-state index contributed by atoms with van der Waals surface area (Å²) in [5.41, 5.74) is 3.86. The van der Waals surface area contributed by atoms with Crippen LogP contribution in [0.15, 0.2) is 51.7 Å². The zero-order chi connectivity index (χ0) is 22.3. The van der Waals surface area contributed by atoms with E-state index in [9.17, 15) is 9.59 Å². The predicted octanol–water partition coefficient (Wildman–Crippen LogP) is 4.98. The molecule has 0 bridgehead atoms. The fraction of sp³-hybridized carbons (Fsp3) is 0.385. The Hall–Kier alpha value is -2.92. The number of fused-ring (bicyclic) bond motifs is 2. The second-order valence-electron chi connectivity index (χ2n) is 9.29. The summed E-state index contributed by atoms with van der Waals surface area (Å²) in [5.74, 6) is -0.0840. The Kier molecular flexibility index (Phi) is 5.48. The van der Waals surface area contributed by atoms with Crippen LogP contribution in [0.4, 0.5) is 0 Å². The summed E-state index contributed by atoms with van der Waals surface area (Å²) in [5, 5.41) is 0.515. The van der Waals surface area contributed by atoms with E-state index in [4.69, 9.17) is 9.15 Å². The number of carbonyl (C=O) groups is 1. The van der Waals surface area contributed by atoms with Gasteiger partial charge >= 0.3 is 0 Å². The molecule has 2 aromatic carbocycles. The van der Waals surface area contributed by atoms with E-state index in [2.05, 4.69) is 32.9 Å². The Balaban J connectivity index is 1.88. The molecule has 0 radical (unpaired) electrons. The van der Waals surface area contributed by atoms with Crippen molar-refractivity contribution in [2.24, 2.45) is 0 Å². The number of hydrogen-bond donors (Lipinski definition) is 0. The molecule has 4 rings (SSSR count). The topological polar surface area (TPSA) is 59.8 Å². The Morgan fingerprint density at radius 2 is 1.77 bits per heavy atom. The highest BCUT2D eigenvalue weighted by Crippen LogP contribution is 2.39. The number of ether oxygens (including phenoxy) is 1. The molecule has 31 heavy (non-hydrogen) atoms. The van der Waals surface area contributed by atoms with Gasteiger partial charge in [-0.25, -0.2) is 0 Å². The molecule has 1 atom stereocenters. The molecule has 0 N–H and O–H groups in total. The molecule has 0 fully saturated rings. The molecule has 0 spiro atoms. The van der Waals surface area contributed by atoms with Gasteiger partial charge in [-0.05, 0) is 42.0 Å². The molecule has 0 saturated heterocycles. The summed E-state index contributed by atoms with van der Waals surface area (Å²) in [6, 6.07) is 13.2. The van der Waals surface area contributed by atoms with Crippen LogP contribution in [-0.4, -0.2) is 31.1 Å². The fourth-order valence-electron chi connectivity index (χ4n) is 4.26. The summed E-state index contributed by atoms with van der Waals surface area (Å²) >= 11 is 0. The molecule has 1 aromatic heterocycles. The largest absolute Gasteiger partial charge is 0.450 e.